The summed E-state index contributed by atoms with van der Waals surface area (Å²) in [5.74, 6) is 3.89. The van der Waals surface area contributed by atoms with E-state index in [0.29, 0.717) is 53.6 Å². The number of nitrogens with one attached hydrogen (secondary N) is 5. The predicted octanol–water partition coefficient (Wildman–Crippen LogP) is 14.7. The van der Waals surface area contributed by atoms with Crippen molar-refractivity contribution in [3.05, 3.63) is 0 Å². The Morgan fingerprint density at radius 2 is 0.616 bits per heavy atom. The fraction of sp³-hybridized carbons (Fsp3) is 0.921. The van der Waals surface area contributed by atoms with E-state index in [-0.39, 0.29) is 39.2 Å². The van der Waals surface area contributed by atoms with Crippen LogP contribution in [0.3, 0.4) is 0 Å². The van der Waals surface area contributed by atoms with Crippen LogP contribution >= 0.6 is 0 Å². The SMILES string of the molecule is CCC(C)(C)C(=O)CCCNC(C)(C)C.CCC(C)(C)C(=O)CCCNCC(C)C.CCC(C)C(=O)CCCNC(C)(C)C.CCC(C)C(=O)CCCNCC(C)C.CCCCNCCCC(=O)C(C)(C)CC. The molecule has 10 nitrogen and oxygen atoms in total. The molecule has 2 unspecified atom stereocenters. The van der Waals surface area contributed by atoms with E-state index >= 15 is 0 Å². The second-order valence-corrected chi connectivity index (χ2v) is 25.7. The lowest BCUT2D eigenvalue weighted by Gasteiger charge is -2.23. The van der Waals surface area contributed by atoms with Crippen LogP contribution in [0.5, 0.6) is 0 Å². The molecule has 10 heteroatoms. The molecule has 0 saturated carbocycles. The quantitative estimate of drug-likeness (QED) is 0.0381. The summed E-state index contributed by atoms with van der Waals surface area (Å²) in [4.78, 5) is 58.2. The Labute approximate surface area is 456 Å². The first-order chi connectivity index (χ1) is 33.6. The molecule has 0 saturated heterocycles. The van der Waals surface area contributed by atoms with Crippen LogP contribution in [0.15, 0.2) is 0 Å². The van der Waals surface area contributed by atoms with Gasteiger partial charge in [0.05, 0.1) is 0 Å². The minimum atomic E-state index is -0.137. The summed E-state index contributed by atoms with van der Waals surface area (Å²) >= 11 is 0. The molecule has 0 aliphatic rings. The van der Waals surface area contributed by atoms with Crippen LogP contribution in [0, 0.1) is 39.9 Å². The molecule has 0 aliphatic carbocycles. The molecular formula is C63H131N5O5. The summed E-state index contributed by atoms with van der Waals surface area (Å²) in [5, 5.41) is 16.8. The summed E-state index contributed by atoms with van der Waals surface area (Å²) in [6.07, 6.45) is 15.6. The molecule has 438 valence electrons. The Hall–Kier alpha value is -1.85. The number of ketones is 5. The van der Waals surface area contributed by atoms with Crippen LogP contribution in [0.1, 0.15) is 275 Å². The summed E-state index contributed by atoms with van der Waals surface area (Å²) in [5.41, 5.74) is -0.0636. The van der Waals surface area contributed by atoms with E-state index in [2.05, 4.69) is 137 Å². The van der Waals surface area contributed by atoms with Gasteiger partial charge in [0, 0.05) is 71.3 Å². The van der Waals surface area contributed by atoms with E-state index in [4.69, 9.17) is 0 Å². The summed E-state index contributed by atoms with van der Waals surface area (Å²) < 4.78 is 0. The Morgan fingerprint density at radius 1 is 0.356 bits per heavy atom. The van der Waals surface area contributed by atoms with Crippen LogP contribution in [-0.4, -0.2) is 92.4 Å². The molecule has 73 heavy (non-hydrogen) atoms. The normalized spacial score (nSPS) is 12.8. The van der Waals surface area contributed by atoms with Crippen molar-refractivity contribution in [3.63, 3.8) is 0 Å². The van der Waals surface area contributed by atoms with Gasteiger partial charge in [-0.2, -0.15) is 0 Å². The van der Waals surface area contributed by atoms with Gasteiger partial charge < -0.3 is 26.6 Å². The molecule has 0 rings (SSSR count). The molecule has 0 aliphatic heterocycles. The smallest absolute Gasteiger partial charge is 0.138 e. The Morgan fingerprint density at radius 3 is 0.877 bits per heavy atom. The first-order valence-corrected chi connectivity index (χ1v) is 29.8. The van der Waals surface area contributed by atoms with Crippen molar-refractivity contribution in [1.29, 1.82) is 0 Å². The highest BCUT2D eigenvalue weighted by Gasteiger charge is 2.26. The van der Waals surface area contributed by atoms with Crippen LogP contribution in [0.4, 0.5) is 0 Å². The van der Waals surface area contributed by atoms with Gasteiger partial charge in [0.25, 0.3) is 0 Å². The number of rotatable bonds is 37. The number of unbranched alkanes of at least 4 members (excludes halogenated alkanes) is 1. The molecule has 0 aromatic heterocycles. The predicted molar refractivity (Wildman–Crippen MR) is 321 cm³/mol. The Kier molecular flexibility index (Phi) is 50.7. The van der Waals surface area contributed by atoms with Crippen LogP contribution < -0.4 is 26.6 Å². The lowest BCUT2D eigenvalue weighted by Crippen LogP contribution is -2.36. The Bertz CT molecular complexity index is 1360. The third-order valence-corrected chi connectivity index (χ3v) is 13.8. The van der Waals surface area contributed by atoms with Crippen molar-refractivity contribution in [2.24, 2.45) is 39.9 Å². The summed E-state index contributed by atoms with van der Waals surface area (Å²) in [6, 6.07) is 0. The van der Waals surface area contributed by atoms with Crippen molar-refractivity contribution < 1.29 is 24.0 Å². The highest BCUT2D eigenvalue weighted by molar-refractivity contribution is 5.85. The van der Waals surface area contributed by atoms with Gasteiger partial charge in [0.15, 0.2) is 0 Å². The molecule has 0 heterocycles. The zero-order valence-corrected chi connectivity index (χ0v) is 53.5. The third-order valence-electron chi connectivity index (χ3n) is 13.8. The van der Waals surface area contributed by atoms with Gasteiger partial charge in [0.2, 0.25) is 0 Å². The Balaban J connectivity index is -0.000000264. The minimum absolute atomic E-state index is 0.122. The fourth-order valence-corrected chi connectivity index (χ4v) is 6.34. The van der Waals surface area contributed by atoms with Gasteiger partial charge in [0.1, 0.15) is 28.9 Å². The van der Waals surface area contributed by atoms with Gasteiger partial charge in [-0.05, 0) is 176 Å². The maximum absolute atomic E-state index is 11.8. The van der Waals surface area contributed by atoms with Crippen molar-refractivity contribution in [1.82, 2.24) is 26.6 Å². The minimum Gasteiger partial charge on any atom is -0.317 e. The van der Waals surface area contributed by atoms with Crippen LogP contribution in [0.25, 0.3) is 0 Å². The number of hydrogen-bond donors (Lipinski definition) is 5. The average molecular weight is 1040 g/mol. The highest BCUT2D eigenvalue weighted by atomic mass is 16.1. The molecule has 0 fully saturated rings. The second kappa shape index (κ2) is 46.3. The van der Waals surface area contributed by atoms with Gasteiger partial charge >= 0.3 is 0 Å². The van der Waals surface area contributed by atoms with Gasteiger partial charge in [-0.15, -0.1) is 0 Å². The van der Waals surface area contributed by atoms with E-state index in [1.54, 1.807) is 0 Å². The van der Waals surface area contributed by atoms with E-state index in [0.717, 1.165) is 136 Å². The van der Waals surface area contributed by atoms with Crippen LogP contribution in [-0.2, 0) is 24.0 Å². The van der Waals surface area contributed by atoms with E-state index in [1.165, 1.54) is 12.8 Å². The van der Waals surface area contributed by atoms with E-state index in [1.807, 2.05) is 55.4 Å². The lowest BCUT2D eigenvalue weighted by atomic mass is 9.83. The summed E-state index contributed by atoms with van der Waals surface area (Å²) in [7, 11) is 0. The fourth-order valence-electron chi connectivity index (χ4n) is 6.34. The van der Waals surface area contributed by atoms with E-state index in [9.17, 15) is 24.0 Å². The second-order valence-electron chi connectivity index (χ2n) is 25.7. The molecule has 0 spiro atoms. The van der Waals surface area contributed by atoms with Crippen molar-refractivity contribution in [3.8, 4) is 0 Å². The first-order valence-electron chi connectivity index (χ1n) is 29.8. The van der Waals surface area contributed by atoms with Crippen molar-refractivity contribution in [2.45, 2.75) is 286 Å². The molecular weight excluding hydrogens is 907 g/mol. The summed E-state index contributed by atoms with van der Waals surface area (Å²) in [6.45, 7) is 58.4. The number of hydrogen-bond acceptors (Lipinski definition) is 10. The molecule has 0 aromatic rings. The topological polar surface area (TPSA) is 146 Å². The van der Waals surface area contributed by atoms with Crippen molar-refractivity contribution in [2.75, 3.05) is 52.4 Å². The zero-order chi connectivity index (χ0) is 57.9. The molecule has 0 bridgehead atoms. The maximum Gasteiger partial charge on any atom is 0.138 e. The molecule has 0 radical (unpaired) electrons. The zero-order valence-electron chi connectivity index (χ0n) is 53.5. The van der Waals surface area contributed by atoms with Crippen LogP contribution in [0.2, 0.25) is 0 Å². The maximum atomic E-state index is 11.8. The van der Waals surface area contributed by atoms with E-state index < -0.39 is 0 Å². The van der Waals surface area contributed by atoms with Gasteiger partial charge in [-0.1, -0.05) is 131 Å². The molecule has 0 aromatic carbocycles. The largest absolute Gasteiger partial charge is 0.317 e. The molecule has 0 amide bonds. The van der Waals surface area contributed by atoms with Gasteiger partial charge in [-0.25, -0.2) is 0 Å². The lowest BCUT2D eigenvalue weighted by molar-refractivity contribution is -0.128. The highest BCUT2D eigenvalue weighted by Crippen LogP contribution is 2.25. The third kappa shape index (κ3) is 54.7. The van der Waals surface area contributed by atoms with Crippen molar-refractivity contribution >= 4 is 28.9 Å². The van der Waals surface area contributed by atoms with Gasteiger partial charge in [-0.3, -0.25) is 24.0 Å². The monoisotopic (exact) mass is 1040 g/mol. The number of carbonyl (C=O) groups is 5. The number of carbonyl (C=O) groups excluding carboxylic acids is 5. The average Bonchev–Trinajstić information content (AvgIpc) is 3.31. The molecule has 2 atom stereocenters. The molecule has 5 N–H and O–H groups in total. The number of Topliss-reactive ketones (excluding diaryl/α,β-unsaturated/α-hetero) is 5. The first kappa shape index (κ1) is 80.0. The standard InChI is InChI=1S/3C13H27NO.2C12H25NO/c1-7-13(5,6)11(15)9-8-10-14-12(2,3)4;1-6-13(4,5)12(15)8-7-9-14-10-11(2)3;1-5-7-10-14-11-8-9-12(15)13(3,4)6-2;1-6-10(2)11(14)8-7-9-13-12(3,4)5;1-5-11(4)12(14)7-6-8-13-9-10(2)3/h14H,7-10H2,1-6H3;11,14H,6-10H2,1-5H3;14H,5-11H2,1-4H3;10,13H,6-9H2,1-5H3;10-11,13H,5-9H2,1-4H3.